The Kier molecular flexibility index (Phi) is 12.1. The molecule has 0 aliphatic rings. The fraction of sp³-hybridized carbons (Fsp3) is 0.381. The third kappa shape index (κ3) is 11.2. The Morgan fingerprint density at radius 3 is 1.62 bits per heavy atom. The van der Waals surface area contributed by atoms with Crippen molar-refractivity contribution in [2.24, 2.45) is 0 Å². The second kappa shape index (κ2) is 14.0. The van der Waals surface area contributed by atoms with Gasteiger partial charge in [0.15, 0.2) is 0 Å². The highest BCUT2D eigenvalue weighted by Crippen LogP contribution is 2.06. The molecule has 2 aromatic carbocycles. The number of rotatable bonds is 9. The van der Waals surface area contributed by atoms with Crippen molar-refractivity contribution in [3.05, 3.63) is 71.8 Å². The van der Waals surface area contributed by atoms with Crippen molar-refractivity contribution < 1.29 is 9.90 Å². The molecule has 2 rings (SSSR count). The van der Waals surface area contributed by atoms with Crippen molar-refractivity contribution in [3.8, 4) is 0 Å². The molecule has 0 radical (unpaired) electrons. The summed E-state index contributed by atoms with van der Waals surface area (Å²) in [6, 6.07) is 20.8. The summed E-state index contributed by atoms with van der Waals surface area (Å²) in [5, 5.41) is 8.41. The average molecular weight is 438 g/mol. The fourth-order valence-electron chi connectivity index (χ4n) is 2.32. The SMILES string of the molecule is ICCCCc1ccccc1.O=C(O)CCCCc1ccccc1. The second-order valence-corrected chi connectivity index (χ2v) is 6.80. The zero-order chi connectivity index (χ0) is 17.5. The van der Waals surface area contributed by atoms with E-state index in [-0.39, 0.29) is 6.42 Å². The van der Waals surface area contributed by atoms with Gasteiger partial charge in [0.25, 0.3) is 0 Å². The van der Waals surface area contributed by atoms with Gasteiger partial charge in [-0.25, -0.2) is 0 Å². The van der Waals surface area contributed by atoms with Crippen molar-refractivity contribution in [1.29, 1.82) is 0 Å². The maximum Gasteiger partial charge on any atom is 0.303 e. The van der Waals surface area contributed by atoms with Crippen molar-refractivity contribution in [3.63, 3.8) is 0 Å². The number of aliphatic carboxylic acids is 1. The summed E-state index contributed by atoms with van der Waals surface area (Å²) < 4.78 is 1.28. The van der Waals surface area contributed by atoms with Crippen molar-refractivity contribution in [1.82, 2.24) is 0 Å². The van der Waals surface area contributed by atoms with Crippen LogP contribution in [-0.4, -0.2) is 15.5 Å². The van der Waals surface area contributed by atoms with E-state index in [0.29, 0.717) is 0 Å². The van der Waals surface area contributed by atoms with Crippen LogP contribution in [0.25, 0.3) is 0 Å². The van der Waals surface area contributed by atoms with Gasteiger partial charge < -0.3 is 5.11 Å². The van der Waals surface area contributed by atoms with E-state index in [4.69, 9.17) is 5.11 Å². The van der Waals surface area contributed by atoms with Crippen LogP contribution in [0.3, 0.4) is 0 Å². The Balaban J connectivity index is 0.000000243. The molecule has 24 heavy (non-hydrogen) atoms. The minimum absolute atomic E-state index is 0.285. The lowest BCUT2D eigenvalue weighted by Crippen LogP contribution is -1.94. The number of benzene rings is 2. The summed E-state index contributed by atoms with van der Waals surface area (Å²) in [7, 11) is 0. The number of hydrogen-bond donors (Lipinski definition) is 1. The van der Waals surface area contributed by atoms with Crippen LogP contribution >= 0.6 is 22.6 Å². The van der Waals surface area contributed by atoms with Crippen molar-refractivity contribution in [2.45, 2.75) is 44.9 Å². The molecule has 0 unspecified atom stereocenters. The number of unbranched alkanes of at least 4 members (excludes halogenated alkanes) is 2. The van der Waals surface area contributed by atoms with Gasteiger partial charge in [-0.3, -0.25) is 4.79 Å². The molecular weight excluding hydrogens is 411 g/mol. The molecule has 0 aromatic heterocycles. The lowest BCUT2D eigenvalue weighted by molar-refractivity contribution is -0.137. The molecular formula is C21H27IO2. The zero-order valence-corrected chi connectivity index (χ0v) is 16.3. The normalized spacial score (nSPS) is 9.88. The van der Waals surface area contributed by atoms with Crippen molar-refractivity contribution >= 4 is 28.6 Å². The third-order valence-electron chi connectivity index (χ3n) is 3.64. The van der Waals surface area contributed by atoms with E-state index in [9.17, 15) is 4.79 Å². The van der Waals surface area contributed by atoms with Gasteiger partial charge in [-0.2, -0.15) is 0 Å². The first-order valence-corrected chi connectivity index (χ1v) is 10.1. The molecule has 0 spiro atoms. The van der Waals surface area contributed by atoms with Gasteiger partial charge in [0, 0.05) is 6.42 Å². The van der Waals surface area contributed by atoms with Gasteiger partial charge in [-0.15, -0.1) is 0 Å². The highest BCUT2D eigenvalue weighted by atomic mass is 127. The van der Waals surface area contributed by atoms with E-state index < -0.39 is 5.97 Å². The molecule has 2 aromatic rings. The summed E-state index contributed by atoms with van der Waals surface area (Å²) in [6.07, 6.45) is 6.90. The summed E-state index contributed by atoms with van der Waals surface area (Å²) in [5.74, 6) is -0.701. The van der Waals surface area contributed by atoms with Crippen LogP contribution in [0.15, 0.2) is 60.7 Å². The van der Waals surface area contributed by atoms with E-state index in [1.807, 2.05) is 18.2 Å². The molecule has 1 N–H and O–H groups in total. The van der Waals surface area contributed by atoms with E-state index in [2.05, 4.69) is 65.1 Å². The first kappa shape index (κ1) is 20.7. The first-order valence-electron chi connectivity index (χ1n) is 8.58. The minimum atomic E-state index is -0.701. The van der Waals surface area contributed by atoms with Gasteiger partial charge in [-0.1, -0.05) is 83.3 Å². The highest BCUT2D eigenvalue weighted by molar-refractivity contribution is 14.1. The summed E-state index contributed by atoms with van der Waals surface area (Å²) in [5.41, 5.74) is 2.75. The quantitative estimate of drug-likeness (QED) is 0.300. The number of halogens is 1. The topological polar surface area (TPSA) is 37.3 Å². The van der Waals surface area contributed by atoms with E-state index in [1.54, 1.807) is 0 Å². The van der Waals surface area contributed by atoms with Gasteiger partial charge in [0.1, 0.15) is 0 Å². The molecule has 2 nitrogen and oxygen atoms in total. The molecule has 3 heteroatoms. The van der Waals surface area contributed by atoms with E-state index in [0.717, 1.165) is 19.3 Å². The molecule has 130 valence electrons. The van der Waals surface area contributed by atoms with Crippen LogP contribution in [0.1, 0.15) is 43.2 Å². The van der Waals surface area contributed by atoms with Gasteiger partial charge in [0.2, 0.25) is 0 Å². The van der Waals surface area contributed by atoms with Gasteiger partial charge in [-0.05, 0) is 54.1 Å². The van der Waals surface area contributed by atoms with E-state index >= 15 is 0 Å². The Bertz CT molecular complexity index is 540. The molecule has 0 saturated carbocycles. The summed E-state index contributed by atoms with van der Waals surface area (Å²) in [6.45, 7) is 0. The number of carboxylic acids is 1. The third-order valence-corrected chi connectivity index (χ3v) is 4.40. The van der Waals surface area contributed by atoms with Gasteiger partial charge >= 0.3 is 5.97 Å². The molecule has 0 fully saturated rings. The predicted molar refractivity (Wildman–Crippen MR) is 110 cm³/mol. The Hall–Kier alpha value is -1.36. The molecule has 0 bridgehead atoms. The molecule has 0 aliphatic carbocycles. The van der Waals surface area contributed by atoms with Crippen molar-refractivity contribution in [2.75, 3.05) is 4.43 Å². The predicted octanol–water partition coefficient (Wildman–Crippen LogP) is 5.93. The Morgan fingerprint density at radius 1 is 0.750 bits per heavy atom. The monoisotopic (exact) mass is 438 g/mol. The lowest BCUT2D eigenvalue weighted by atomic mass is 10.1. The molecule has 0 heterocycles. The van der Waals surface area contributed by atoms with E-state index in [1.165, 1.54) is 34.8 Å². The van der Waals surface area contributed by atoms with Crippen LogP contribution in [0.2, 0.25) is 0 Å². The fourth-order valence-corrected chi connectivity index (χ4v) is 2.86. The standard InChI is InChI=1S/C11H14O2.C10H13I/c12-11(13)9-5-4-8-10-6-2-1-3-7-10;11-9-5-4-8-10-6-2-1-3-7-10/h1-3,6-7H,4-5,8-9H2,(H,12,13);1-3,6-7H,4-5,8-9H2. The second-order valence-electron chi connectivity index (χ2n) is 5.72. The largest absolute Gasteiger partial charge is 0.481 e. The van der Waals surface area contributed by atoms with Crippen LogP contribution < -0.4 is 0 Å². The van der Waals surface area contributed by atoms with Crippen LogP contribution in [0, 0.1) is 0 Å². The smallest absolute Gasteiger partial charge is 0.303 e. The highest BCUT2D eigenvalue weighted by Gasteiger charge is 1.96. The minimum Gasteiger partial charge on any atom is -0.481 e. The number of carboxylic acid groups (broad SMARTS) is 1. The van der Waals surface area contributed by atoms with Gasteiger partial charge in [0.05, 0.1) is 0 Å². The molecule has 0 saturated heterocycles. The van der Waals surface area contributed by atoms with Crippen LogP contribution in [0.4, 0.5) is 0 Å². The van der Waals surface area contributed by atoms with Crippen LogP contribution in [-0.2, 0) is 17.6 Å². The molecule has 0 aliphatic heterocycles. The Morgan fingerprint density at radius 2 is 1.21 bits per heavy atom. The Labute approximate surface area is 159 Å². The molecule has 0 atom stereocenters. The maximum atomic E-state index is 10.2. The number of carbonyl (C=O) groups is 1. The summed E-state index contributed by atoms with van der Waals surface area (Å²) in [4.78, 5) is 10.2. The maximum absolute atomic E-state index is 10.2. The number of hydrogen-bond acceptors (Lipinski definition) is 1. The first-order chi connectivity index (χ1) is 11.7. The molecule has 0 amide bonds. The van der Waals surface area contributed by atoms with Crippen LogP contribution in [0.5, 0.6) is 0 Å². The number of aryl methyl sites for hydroxylation is 2. The summed E-state index contributed by atoms with van der Waals surface area (Å²) >= 11 is 2.43. The average Bonchev–Trinajstić information content (AvgIpc) is 2.61. The number of alkyl halides is 1. The lowest BCUT2D eigenvalue weighted by Gasteiger charge is -1.98. The zero-order valence-electron chi connectivity index (χ0n) is 14.2.